The number of nitrogens with one attached hydrogen (secondary N) is 1. The molecule has 1 aromatic carbocycles. The van der Waals surface area contributed by atoms with Crippen LogP contribution in [0.5, 0.6) is 0 Å². The molecule has 3 aromatic rings. The van der Waals surface area contributed by atoms with Crippen molar-refractivity contribution < 1.29 is 9.32 Å². The first-order valence-corrected chi connectivity index (χ1v) is 9.96. The van der Waals surface area contributed by atoms with E-state index in [0.29, 0.717) is 30.5 Å². The molecule has 2 aromatic heterocycles. The van der Waals surface area contributed by atoms with Gasteiger partial charge in [0.2, 0.25) is 11.7 Å². The molecule has 1 aliphatic heterocycles. The van der Waals surface area contributed by atoms with E-state index >= 15 is 0 Å². The number of likely N-dealkylation sites (tertiary alicyclic amines) is 1. The molecule has 0 radical (unpaired) electrons. The SMILES string of the molecule is Cc1ccc(Br)cc1NC(=O)N1CCC(c2nc(-c3ccccn3)no2)CC1. The predicted octanol–water partition coefficient (Wildman–Crippen LogP) is 4.61. The molecule has 28 heavy (non-hydrogen) atoms. The van der Waals surface area contributed by atoms with Crippen LogP contribution in [0.2, 0.25) is 0 Å². The molecule has 4 rings (SSSR count). The molecule has 0 spiro atoms. The first kappa shape index (κ1) is 18.6. The highest BCUT2D eigenvalue weighted by Crippen LogP contribution is 2.29. The summed E-state index contributed by atoms with van der Waals surface area (Å²) in [5.41, 5.74) is 2.54. The fourth-order valence-corrected chi connectivity index (χ4v) is 3.61. The predicted molar refractivity (Wildman–Crippen MR) is 109 cm³/mol. The number of hydrogen-bond acceptors (Lipinski definition) is 5. The number of carbonyl (C=O) groups is 1. The van der Waals surface area contributed by atoms with E-state index in [1.165, 1.54) is 0 Å². The Bertz CT molecular complexity index is 968. The zero-order valence-corrected chi connectivity index (χ0v) is 17.0. The molecule has 0 aliphatic carbocycles. The number of hydrogen-bond donors (Lipinski definition) is 1. The van der Waals surface area contributed by atoms with Gasteiger partial charge in [-0.05, 0) is 49.6 Å². The fraction of sp³-hybridized carbons (Fsp3) is 0.300. The van der Waals surface area contributed by atoms with Crippen molar-refractivity contribution in [1.82, 2.24) is 20.0 Å². The molecular weight excluding hydrogens is 422 g/mol. The number of pyridine rings is 1. The molecule has 0 unspecified atom stereocenters. The van der Waals surface area contributed by atoms with Crippen molar-refractivity contribution in [2.24, 2.45) is 0 Å². The third-order valence-electron chi connectivity index (χ3n) is 4.91. The quantitative estimate of drug-likeness (QED) is 0.640. The zero-order valence-electron chi connectivity index (χ0n) is 15.4. The normalized spacial score (nSPS) is 14.9. The van der Waals surface area contributed by atoms with Gasteiger partial charge < -0.3 is 14.7 Å². The maximum absolute atomic E-state index is 12.6. The lowest BCUT2D eigenvalue weighted by atomic mass is 9.97. The van der Waals surface area contributed by atoms with Gasteiger partial charge >= 0.3 is 6.03 Å². The van der Waals surface area contributed by atoms with Crippen LogP contribution in [0.1, 0.15) is 30.2 Å². The van der Waals surface area contributed by atoms with Gasteiger partial charge in [-0.2, -0.15) is 4.98 Å². The van der Waals surface area contributed by atoms with E-state index in [4.69, 9.17) is 4.52 Å². The van der Waals surface area contributed by atoms with Crippen molar-refractivity contribution in [3.05, 3.63) is 58.5 Å². The van der Waals surface area contributed by atoms with Gasteiger partial charge in [0, 0.05) is 35.4 Å². The van der Waals surface area contributed by atoms with Gasteiger partial charge in [0.1, 0.15) is 5.69 Å². The Morgan fingerprint density at radius 1 is 1.25 bits per heavy atom. The Morgan fingerprint density at radius 2 is 2.07 bits per heavy atom. The van der Waals surface area contributed by atoms with E-state index in [9.17, 15) is 4.79 Å². The van der Waals surface area contributed by atoms with E-state index in [1.54, 1.807) is 6.20 Å². The van der Waals surface area contributed by atoms with Crippen molar-refractivity contribution >= 4 is 27.6 Å². The molecule has 1 N–H and O–H groups in total. The molecule has 2 amide bonds. The molecule has 0 bridgehead atoms. The number of halogens is 1. The third-order valence-corrected chi connectivity index (χ3v) is 5.40. The van der Waals surface area contributed by atoms with Gasteiger partial charge in [0.15, 0.2) is 0 Å². The van der Waals surface area contributed by atoms with Crippen LogP contribution < -0.4 is 5.32 Å². The highest BCUT2D eigenvalue weighted by molar-refractivity contribution is 9.10. The highest BCUT2D eigenvalue weighted by Gasteiger charge is 2.28. The topological polar surface area (TPSA) is 84.2 Å². The van der Waals surface area contributed by atoms with E-state index in [1.807, 2.05) is 48.2 Å². The van der Waals surface area contributed by atoms with E-state index in [2.05, 4.69) is 36.4 Å². The Labute approximate surface area is 171 Å². The van der Waals surface area contributed by atoms with Crippen LogP contribution in [-0.4, -0.2) is 39.1 Å². The van der Waals surface area contributed by atoms with Crippen LogP contribution in [0.4, 0.5) is 10.5 Å². The Morgan fingerprint density at radius 3 is 2.82 bits per heavy atom. The van der Waals surface area contributed by atoms with Crippen molar-refractivity contribution in [2.75, 3.05) is 18.4 Å². The first-order chi connectivity index (χ1) is 13.6. The summed E-state index contributed by atoms with van der Waals surface area (Å²) in [5, 5.41) is 7.04. The van der Waals surface area contributed by atoms with E-state index < -0.39 is 0 Å². The molecule has 3 heterocycles. The lowest BCUT2D eigenvalue weighted by Gasteiger charge is -2.30. The largest absolute Gasteiger partial charge is 0.339 e. The first-order valence-electron chi connectivity index (χ1n) is 9.17. The van der Waals surface area contributed by atoms with Crippen LogP contribution in [-0.2, 0) is 0 Å². The number of aryl methyl sites for hydroxylation is 1. The van der Waals surface area contributed by atoms with Crippen molar-refractivity contribution in [2.45, 2.75) is 25.7 Å². The fourth-order valence-electron chi connectivity index (χ4n) is 3.25. The van der Waals surface area contributed by atoms with Gasteiger partial charge in [-0.3, -0.25) is 4.98 Å². The average molecular weight is 442 g/mol. The number of carbonyl (C=O) groups excluding carboxylic acids is 1. The van der Waals surface area contributed by atoms with Crippen LogP contribution in [0.3, 0.4) is 0 Å². The smallest absolute Gasteiger partial charge is 0.321 e. The maximum Gasteiger partial charge on any atom is 0.321 e. The van der Waals surface area contributed by atoms with E-state index in [-0.39, 0.29) is 11.9 Å². The van der Waals surface area contributed by atoms with Crippen molar-refractivity contribution in [3.8, 4) is 11.5 Å². The summed E-state index contributed by atoms with van der Waals surface area (Å²) in [6, 6.07) is 11.4. The summed E-state index contributed by atoms with van der Waals surface area (Å²) in [5.74, 6) is 1.27. The second-order valence-corrected chi connectivity index (χ2v) is 7.74. The molecule has 1 saturated heterocycles. The summed E-state index contributed by atoms with van der Waals surface area (Å²) >= 11 is 3.44. The van der Waals surface area contributed by atoms with Crippen molar-refractivity contribution in [3.63, 3.8) is 0 Å². The molecule has 1 fully saturated rings. The molecule has 0 saturated carbocycles. The summed E-state index contributed by atoms with van der Waals surface area (Å²) in [7, 11) is 0. The molecule has 1 aliphatic rings. The lowest BCUT2D eigenvalue weighted by molar-refractivity contribution is 0.187. The number of anilines is 1. The van der Waals surface area contributed by atoms with Gasteiger partial charge in [-0.1, -0.05) is 33.2 Å². The second kappa shape index (κ2) is 8.10. The summed E-state index contributed by atoms with van der Waals surface area (Å²) in [6.07, 6.45) is 3.28. The lowest BCUT2D eigenvalue weighted by Crippen LogP contribution is -2.40. The maximum atomic E-state index is 12.6. The van der Waals surface area contributed by atoms with Crippen LogP contribution in [0, 0.1) is 6.92 Å². The standard InChI is InChI=1S/C20H20BrN5O2/c1-13-5-6-15(21)12-17(13)23-20(27)26-10-7-14(8-11-26)19-24-18(25-28-19)16-4-2-3-9-22-16/h2-6,9,12,14H,7-8,10-11H2,1H3,(H,23,27). The summed E-state index contributed by atoms with van der Waals surface area (Å²) < 4.78 is 6.39. The molecule has 8 heteroatoms. The van der Waals surface area contributed by atoms with Crippen LogP contribution in [0.25, 0.3) is 11.5 Å². The summed E-state index contributed by atoms with van der Waals surface area (Å²) in [6.45, 7) is 3.26. The van der Waals surface area contributed by atoms with Gasteiger partial charge in [0.05, 0.1) is 0 Å². The Hall–Kier alpha value is -2.74. The number of urea groups is 1. The highest BCUT2D eigenvalue weighted by atomic mass is 79.9. The molecule has 144 valence electrons. The average Bonchev–Trinajstić information content (AvgIpc) is 3.22. The zero-order chi connectivity index (χ0) is 19.5. The molecular formula is C20H20BrN5O2. The number of piperidine rings is 1. The number of amides is 2. The second-order valence-electron chi connectivity index (χ2n) is 6.82. The minimum atomic E-state index is -0.0839. The number of benzene rings is 1. The Balaban J connectivity index is 1.36. The number of aromatic nitrogens is 3. The summed E-state index contributed by atoms with van der Waals surface area (Å²) in [4.78, 5) is 23.2. The Kier molecular flexibility index (Phi) is 5.38. The monoisotopic (exact) mass is 441 g/mol. The molecule has 7 nitrogen and oxygen atoms in total. The van der Waals surface area contributed by atoms with Crippen LogP contribution >= 0.6 is 15.9 Å². The minimum Gasteiger partial charge on any atom is -0.339 e. The minimum absolute atomic E-state index is 0.0839. The van der Waals surface area contributed by atoms with E-state index in [0.717, 1.165) is 28.6 Å². The number of rotatable bonds is 3. The van der Waals surface area contributed by atoms with Gasteiger partial charge in [-0.15, -0.1) is 0 Å². The van der Waals surface area contributed by atoms with Gasteiger partial charge in [0.25, 0.3) is 0 Å². The van der Waals surface area contributed by atoms with Gasteiger partial charge in [-0.25, -0.2) is 4.79 Å². The number of nitrogens with zero attached hydrogens (tertiary/aromatic N) is 4. The molecule has 0 atom stereocenters. The van der Waals surface area contributed by atoms with Crippen LogP contribution in [0.15, 0.2) is 51.6 Å². The third kappa shape index (κ3) is 4.06. The van der Waals surface area contributed by atoms with Crippen molar-refractivity contribution in [1.29, 1.82) is 0 Å².